The minimum Gasteiger partial charge on any atom is -0.497 e. The lowest BCUT2D eigenvalue weighted by Gasteiger charge is -2.11. The molecule has 29 heavy (non-hydrogen) atoms. The van der Waals surface area contributed by atoms with Gasteiger partial charge in [0.2, 0.25) is 0 Å². The summed E-state index contributed by atoms with van der Waals surface area (Å²) in [6.07, 6.45) is 0. The van der Waals surface area contributed by atoms with Crippen molar-refractivity contribution in [1.29, 1.82) is 0 Å². The van der Waals surface area contributed by atoms with Gasteiger partial charge < -0.3 is 14.8 Å². The highest BCUT2D eigenvalue weighted by molar-refractivity contribution is 6.19. The first kappa shape index (κ1) is 18.7. The normalized spacial score (nSPS) is 12.8. The van der Waals surface area contributed by atoms with Crippen molar-refractivity contribution in [2.75, 3.05) is 19.0 Å². The van der Waals surface area contributed by atoms with Crippen molar-refractivity contribution in [1.82, 2.24) is 0 Å². The van der Waals surface area contributed by atoms with Crippen molar-refractivity contribution in [3.8, 4) is 11.5 Å². The van der Waals surface area contributed by atoms with E-state index in [-0.39, 0.29) is 0 Å². The number of ether oxygens (including phenoxy) is 2. The number of hydrogen-bond donors (Lipinski definition) is 1. The molecule has 1 aliphatic rings. The van der Waals surface area contributed by atoms with Crippen LogP contribution in [-0.4, -0.2) is 25.4 Å². The van der Waals surface area contributed by atoms with E-state index >= 15 is 0 Å². The predicted molar refractivity (Wildman–Crippen MR) is 118 cm³/mol. The van der Waals surface area contributed by atoms with Gasteiger partial charge in [0.25, 0.3) is 0 Å². The lowest BCUT2D eigenvalue weighted by atomic mass is 10.1. The quantitative estimate of drug-likeness (QED) is 0.644. The molecule has 4 rings (SSSR count). The molecule has 5 heteroatoms. The number of aliphatic imine (C=N–C) groups is 2. The molecule has 0 unspecified atom stereocenters. The number of aryl methyl sites for hydroxylation is 1. The largest absolute Gasteiger partial charge is 0.497 e. The van der Waals surface area contributed by atoms with E-state index in [2.05, 4.69) is 24.4 Å². The van der Waals surface area contributed by atoms with Crippen molar-refractivity contribution in [2.24, 2.45) is 9.98 Å². The lowest BCUT2D eigenvalue weighted by Crippen LogP contribution is -2.15. The van der Waals surface area contributed by atoms with Crippen molar-refractivity contribution in [2.45, 2.75) is 13.8 Å². The second-order valence-corrected chi connectivity index (χ2v) is 6.73. The number of methoxy groups -OCH3 is 1. The van der Waals surface area contributed by atoms with E-state index in [1.165, 1.54) is 0 Å². The number of hydrogen-bond acceptors (Lipinski definition) is 5. The summed E-state index contributed by atoms with van der Waals surface area (Å²) in [5, 5.41) is 3.46. The number of benzene rings is 3. The van der Waals surface area contributed by atoms with Gasteiger partial charge in [-0.1, -0.05) is 6.07 Å². The SMILES string of the molecule is CCOc1ccc(C2=NC(c3ccc(OC)cc3)=Nc3ccc(C)cc3N2)cc1. The van der Waals surface area contributed by atoms with Gasteiger partial charge in [-0.15, -0.1) is 0 Å². The van der Waals surface area contributed by atoms with Gasteiger partial charge in [-0.2, -0.15) is 0 Å². The highest BCUT2D eigenvalue weighted by atomic mass is 16.5. The third-order valence-electron chi connectivity index (χ3n) is 4.64. The molecule has 0 atom stereocenters. The Hall–Kier alpha value is -3.60. The smallest absolute Gasteiger partial charge is 0.162 e. The van der Waals surface area contributed by atoms with Gasteiger partial charge in [0.1, 0.15) is 17.3 Å². The van der Waals surface area contributed by atoms with Crippen molar-refractivity contribution in [3.63, 3.8) is 0 Å². The topological polar surface area (TPSA) is 55.2 Å². The first-order chi connectivity index (χ1) is 14.2. The molecule has 0 fully saturated rings. The van der Waals surface area contributed by atoms with E-state index in [9.17, 15) is 0 Å². The summed E-state index contributed by atoms with van der Waals surface area (Å²) >= 11 is 0. The highest BCUT2D eigenvalue weighted by Crippen LogP contribution is 2.30. The molecule has 5 nitrogen and oxygen atoms in total. The first-order valence-corrected chi connectivity index (χ1v) is 9.59. The third-order valence-corrected chi connectivity index (χ3v) is 4.64. The number of nitrogens with zero attached hydrogens (tertiary/aromatic N) is 2. The summed E-state index contributed by atoms with van der Waals surface area (Å²) in [6.45, 7) is 4.68. The van der Waals surface area contributed by atoms with Crippen LogP contribution < -0.4 is 14.8 Å². The fourth-order valence-electron chi connectivity index (χ4n) is 3.13. The Morgan fingerprint density at radius 1 is 0.828 bits per heavy atom. The van der Waals surface area contributed by atoms with Gasteiger partial charge in [-0.3, -0.25) is 0 Å². The molecule has 1 aliphatic heterocycles. The summed E-state index contributed by atoms with van der Waals surface area (Å²) in [5.41, 5.74) is 4.83. The zero-order valence-corrected chi connectivity index (χ0v) is 16.8. The van der Waals surface area contributed by atoms with Crippen LogP contribution in [-0.2, 0) is 0 Å². The van der Waals surface area contributed by atoms with Gasteiger partial charge in [0.15, 0.2) is 5.84 Å². The average molecular weight is 385 g/mol. The number of rotatable bonds is 5. The molecule has 0 amide bonds. The summed E-state index contributed by atoms with van der Waals surface area (Å²) in [4.78, 5) is 9.70. The van der Waals surface area contributed by atoms with E-state index in [1.807, 2.05) is 61.5 Å². The second kappa shape index (κ2) is 8.19. The van der Waals surface area contributed by atoms with Gasteiger partial charge in [0.05, 0.1) is 25.1 Å². The molecule has 0 aromatic heterocycles. The van der Waals surface area contributed by atoms with Crippen LogP contribution in [0, 0.1) is 6.92 Å². The summed E-state index contributed by atoms with van der Waals surface area (Å²) in [7, 11) is 1.66. The van der Waals surface area contributed by atoms with Gasteiger partial charge in [-0.25, -0.2) is 9.98 Å². The van der Waals surface area contributed by atoms with Crippen molar-refractivity contribution < 1.29 is 9.47 Å². The van der Waals surface area contributed by atoms with Crippen LogP contribution in [0.15, 0.2) is 76.7 Å². The van der Waals surface area contributed by atoms with Crippen LogP contribution >= 0.6 is 0 Å². The van der Waals surface area contributed by atoms with E-state index < -0.39 is 0 Å². The van der Waals surface area contributed by atoms with E-state index in [0.29, 0.717) is 12.4 Å². The Balaban J connectivity index is 1.79. The maximum atomic E-state index is 5.56. The Kier molecular flexibility index (Phi) is 5.29. The molecule has 3 aromatic rings. The zero-order chi connectivity index (χ0) is 20.2. The highest BCUT2D eigenvalue weighted by Gasteiger charge is 2.16. The number of nitrogens with one attached hydrogen (secondary N) is 1. The fraction of sp³-hybridized carbons (Fsp3) is 0.167. The van der Waals surface area contributed by atoms with Crippen LogP contribution in [0.4, 0.5) is 11.4 Å². The van der Waals surface area contributed by atoms with Crippen LogP contribution in [0.2, 0.25) is 0 Å². The van der Waals surface area contributed by atoms with Gasteiger partial charge in [-0.05, 0) is 80.1 Å². The average Bonchev–Trinajstić information content (AvgIpc) is 2.94. The first-order valence-electron chi connectivity index (χ1n) is 9.59. The number of amidine groups is 2. The standard InChI is InChI=1S/C24H23N3O2/c1-4-29-20-12-8-18(9-13-20)24-26-22-15-16(2)5-14-21(22)25-23(27-24)17-6-10-19(28-3)11-7-17/h5-15H,4H2,1-3H3,(H,25,26,27). The van der Waals surface area contributed by atoms with E-state index in [1.54, 1.807) is 7.11 Å². The number of fused-ring (bicyclic) bond motifs is 1. The molecule has 3 aromatic carbocycles. The van der Waals surface area contributed by atoms with Crippen LogP contribution in [0.5, 0.6) is 11.5 Å². The molecule has 0 saturated heterocycles. The lowest BCUT2D eigenvalue weighted by molar-refractivity contribution is 0.340. The minimum absolute atomic E-state index is 0.638. The maximum Gasteiger partial charge on any atom is 0.162 e. The Labute approximate surface area is 170 Å². The Bertz CT molecular complexity index is 1070. The monoisotopic (exact) mass is 385 g/mol. The number of anilines is 1. The van der Waals surface area contributed by atoms with Crippen molar-refractivity contribution >= 4 is 23.0 Å². The molecule has 0 spiro atoms. The van der Waals surface area contributed by atoms with Crippen LogP contribution in [0.25, 0.3) is 0 Å². The molecule has 0 aliphatic carbocycles. The fourth-order valence-corrected chi connectivity index (χ4v) is 3.13. The molecule has 1 heterocycles. The molecular weight excluding hydrogens is 362 g/mol. The summed E-state index contributed by atoms with van der Waals surface area (Å²) in [6, 6.07) is 21.8. The second-order valence-electron chi connectivity index (χ2n) is 6.73. The summed E-state index contributed by atoms with van der Waals surface area (Å²) < 4.78 is 10.8. The molecule has 1 N–H and O–H groups in total. The maximum absolute atomic E-state index is 5.56. The van der Waals surface area contributed by atoms with Gasteiger partial charge in [0, 0.05) is 11.1 Å². The Morgan fingerprint density at radius 3 is 2.21 bits per heavy atom. The molecule has 0 saturated carbocycles. The molecule has 0 bridgehead atoms. The zero-order valence-electron chi connectivity index (χ0n) is 16.8. The van der Waals surface area contributed by atoms with E-state index in [0.717, 1.165) is 45.4 Å². The van der Waals surface area contributed by atoms with Crippen LogP contribution in [0.1, 0.15) is 23.6 Å². The minimum atomic E-state index is 0.638. The van der Waals surface area contributed by atoms with Crippen molar-refractivity contribution in [3.05, 3.63) is 83.4 Å². The molecule has 0 radical (unpaired) electrons. The van der Waals surface area contributed by atoms with E-state index in [4.69, 9.17) is 19.5 Å². The van der Waals surface area contributed by atoms with Gasteiger partial charge >= 0.3 is 0 Å². The predicted octanol–water partition coefficient (Wildman–Crippen LogP) is 5.35. The van der Waals surface area contributed by atoms with Crippen LogP contribution in [0.3, 0.4) is 0 Å². The summed E-state index contributed by atoms with van der Waals surface area (Å²) in [5.74, 6) is 3.03. The molecular formula is C24H23N3O2. The molecule has 146 valence electrons. The Morgan fingerprint density at radius 2 is 1.52 bits per heavy atom. The third kappa shape index (κ3) is 4.14.